The highest BCUT2D eigenvalue weighted by atomic mass is 16.5. The third-order valence-corrected chi connectivity index (χ3v) is 8.33. The smallest absolute Gasteiger partial charge is 0.203 e. The van der Waals surface area contributed by atoms with E-state index < -0.39 is 0 Å². The van der Waals surface area contributed by atoms with E-state index in [9.17, 15) is 9.59 Å². The number of rotatable bonds is 21. The van der Waals surface area contributed by atoms with E-state index >= 15 is 0 Å². The molecule has 0 N–H and O–H groups in total. The molecule has 12 heteroatoms. The summed E-state index contributed by atoms with van der Waals surface area (Å²) in [5, 5.41) is 0. The standard InChI is InChI=1S/C44H46O12/c1-11-17-55-41-31(19-27(21-35(41)47-3)13-15-33(45)29-23-37(49-5)43(53-9)38(24-29)50-6)32-20-28(22-36(48-4)42(32)56-18-12-2)14-16-34(46)30-25-39(51-7)44(54-10)40(26-30)52-8/h11-16,19-26H,1-2,17-18H2,3-10H3/b15-13+,16-14+. The molecule has 0 atom stereocenters. The highest BCUT2D eigenvalue weighted by Crippen LogP contribution is 2.47. The van der Waals surface area contributed by atoms with Crippen LogP contribution in [0.25, 0.3) is 23.3 Å². The number of carbonyl (C=O) groups excluding carboxylic acids is 2. The van der Waals surface area contributed by atoms with Crippen LogP contribution in [0.5, 0.6) is 57.5 Å². The lowest BCUT2D eigenvalue weighted by Gasteiger charge is -2.20. The van der Waals surface area contributed by atoms with Crippen molar-refractivity contribution in [2.75, 3.05) is 70.1 Å². The zero-order chi connectivity index (χ0) is 40.8. The Bertz CT molecular complexity index is 1930. The van der Waals surface area contributed by atoms with Crippen molar-refractivity contribution in [1.29, 1.82) is 0 Å². The fourth-order valence-corrected chi connectivity index (χ4v) is 5.71. The lowest BCUT2D eigenvalue weighted by molar-refractivity contribution is 0.103. The monoisotopic (exact) mass is 766 g/mol. The molecule has 12 nitrogen and oxygen atoms in total. The van der Waals surface area contributed by atoms with E-state index in [4.69, 9.17) is 47.4 Å². The lowest BCUT2D eigenvalue weighted by Crippen LogP contribution is -2.03. The van der Waals surface area contributed by atoms with Crippen molar-refractivity contribution >= 4 is 23.7 Å². The first-order valence-electron chi connectivity index (χ1n) is 17.1. The van der Waals surface area contributed by atoms with Gasteiger partial charge in [0.05, 0.1) is 56.9 Å². The average molecular weight is 767 g/mol. The Morgan fingerprint density at radius 2 is 0.750 bits per heavy atom. The molecule has 56 heavy (non-hydrogen) atoms. The molecule has 0 unspecified atom stereocenters. The van der Waals surface area contributed by atoms with Gasteiger partial charge >= 0.3 is 0 Å². The minimum Gasteiger partial charge on any atom is -0.493 e. The summed E-state index contributed by atoms with van der Waals surface area (Å²) in [4.78, 5) is 27.0. The largest absolute Gasteiger partial charge is 0.493 e. The summed E-state index contributed by atoms with van der Waals surface area (Å²) in [6.45, 7) is 7.91. The van der Waals surface area contributed by atoms with Crippen molar-refractivity contribution in [1.82, 2.24) is 0 Å². The second-order valence-electron chi connectivity index (χ2n) is 11.6. The molecule has 0 aliphatic carbocycles. The molecule has 4 aromatic carbocycles. The maximum Gasteiger partial charge on any atom is 0.203 e. The number of hydrogen-bond donors (Lipinski definition) is 0. The Hall–Kier alpha value is -6.82. The van der Waals surface area contributed by atoms with E-state index in [2.05, 4.69) is 13.2 Å². The van der Waals surface area contributed by atoms with Crippen LogP contribution in [0.3, 0.4) is 0 Å². The molecule has 0 radical (unpaired) electrons. The molecule has 0 spiro atoms. The van der Waals surface area contributed by atoms with Gasteiger partial charge in [-0.25, -0.2) is 0 Å². The molecular formula is C44H46O12. The molecule has 4 rings (SSSR count). The van der Waals surface area contributed by atoms with Gasteiger partial charge in [-0.05, 0) is 71.8 Å². The number of methoxy groups -OCH3 is 8. The van der Waals surface area contributed by atoms with Gasteiger partial charge in [-0.1, -0.05) is 37.5 Å². The summed E-state index contributed by atoms with van der Waals surface area (Å²) >= 11 is 0. The van der Waals surface area contributed by atoms with Crippen LogP contribution in [-0.4, -0.2) is 81.7 Å². The summed E-state index contributed by atoms with van der Waals surface area (Å²) in [6.07, 6.45) is 9.36. The molecular weight excluding hydrogens is 720 g/mol. The molecule has 294 valence electrons. The second-order valence-corrected chi connectivity index (χ2v) is 11.6. The first-order valence-corrected chi connectivity index (χ1v) is 17.1. The van der Waals surface area contributed by atoms with E-state index in [1.165, 1.54) is 69.0 Å². The van der Waals surface area contributed by atoms with Gasteiger partial charge in [-0.2, -0.15) is 0 Å². The van der Waals surface area contributed by atoms with E-state index in [-0.39, 0.29) is 24.8 Å². The fraction of sp³-hybridized carbons (Fsp3) is 0.227. The van der Waals surface area contributed by atoms with Gasteiger partial charge in [0, 0.05) is 22.3 Å². The van der Waals surface area contributed by atoms with Crippen LogP contribution < -0.4 is 47.4 Å². The zero-order valence-electron chi connectivity index (χ0n) is 32.8. The highest BCUT2D eigenvalue weighted by molar-refractivity contribution is 6.08. The zero-order valence-corrected chi connectivity index (χ0v) is 32.8. The van der Waals surface area contributed by atoms with Gasteiger partial charge in [0.1, 0.15) is 13.2 Å². The number of allylic oxidation sites excluding steroid dienone is 2. The number of hydrogen-bond acceptors (Lipinski definition) is 12. The minimum atomic E-state index is -0.322. The summed E-state index contributed by atoms with van der Waals surface area (Å²) in [5.41, 5.74) is 2.90. The van der Waals surface area contributed by atoms with Gasteiger partial charge in [0.15, 0.2) is 57.6 Å². The third-order valence-electron chi connectivity index (χ3n) is 8.33. The van der Waals surface area contributed by atoms with Crippen molar-refractivity contribution in [3.8, 4) is 68.6 Å². The Kier molecular flexibility index (Phi) is 15.0. The maximum atomic E-state index is 13.5. The van der Waals surface area contributed by atoms with Crippen LogP contribution in [0.2, 0.25) is 0 Å². The molecule has 0 amide bonds. The average Bonchev–Trinajstić information content (AvgIpc) is 3.24. The molecule has 0 fully saturated rings. The maximum absolute atomic E-state index is 13.5. The van der Waals surface area contributed by atoms with E-state index in [1.54, 1.807) is 60.7 Å². The number of benzene rings is 4. The Morgan fingerprint density at radius 1 is 0.446 bits per heavy atom. The molecule has 0 heterocycles. The summed E-state index contributed by atoms with van der Waals surface area (Å²) in [5.74, 6) is 2.96. The number of carbonyl (C=O) groups is 2. The van der Waals surface area contributed by atoms with E-state index in [0.717, 1.165) is 0 Å². The van der Waals surface area contributed by atoms with Crippen LogP contribution >= 0.6 is 0 Å². The van der Waals surface area contributed by atoms with Crippen molar-refractivity contribution in [3.05, 3.63) is 108 Å². The predicted octanol–water partition coefficient (Wildman–Crippen LogP) is 8.34. The van der Waals surface area contributed by atoms with Gasteiger partial charge < -0.3 is 47.4 Å². The SMILES string of the molecule is C=CCOc1c(OC)cc(/C=C/C(=O)c2cc(OC)c(OC)c(OC)c2)cc1-c1cc(/C=C/C(=O)c2cc(OC)c(OC)c(OC)c2)cc(OC)c1OCC=C. The normalized spacial score (nSPS) is 10.8. The fourth-order valence-electron chi connectivity index (χ4n) is 5.71. The molecule has 0 aliphatic heterocycles. The first kappa shape index (κ1) is 41.9. The van der Waals surface area contributed by atoms with Crippen LogP contribution in [0.4, 0.5) is 0 Å². The quantitative estimate of drug-likeness (QED) is 0.0460. The Labute approximate surface area is 327 Å². The first-order chi connectivity index (χ1) is 27.1. The van der Waals surface area contributed by atoms with Crippen LogP contribution in [0.15, 0.2) is 86.0 Å². The summed E-state index contributed by atoms with van der Waals surface area (Å²) in [7, 11) is 11.9. The van der Waals surface area contributed by atoms with Gasteiger partial charge in [-0.15, -0.1) is 0 Å². The van der Waals surface area contributed by atoms with Crippen molar-refractivity contribution in [2.45, 2.75) is 0 Å². The number of ether oxygens (including phenoxy) is 10. The summed E-state index contributed by atoms with van der Waals surface area (Å²) in [6, 6.07) is 13.4. The van der Waals surface area contributed by atoms with Crippen LogP contribution in [0.1, 0.15) is 31.8 Å². The molecule has 0 bridgehead atoms. The molecule has 0 saturated heterocycles. The Morgan fingerprint density at radius 3 is 1.02 bits per heavy atom. The highest BCUT2D eigenvalue weighted by Gasteiger charge is 2.23. The number of ketones is 2. The van der Waals surface area contributed by atoms with E-state index in [1.807, 2.05) is 12.1 Å². The van der Waals surface area contributed by atoms with Gasteiger partial charge in [0.2, 0.25) is 11.5 Å². The van der Waals surface area contributed by atoms with Gasteiger partial charge in [-0.3, -0.25) is 9.59 Å². The van der Waals surface area contributed by atoms with Gasteiger partial charge in [0.25, 0.3) is 0 Å². The van der Waals surface area contributed by atoms with Crippen molar-refractivity contribution < 1.29 is 57.0 Å². The van der Waals surface area contributed by atoms with E-state index in [0.29, 0.717) is 90.9 Å². The van der Waals surface area contributed by atoms with Crippen molar-refractivity contribution in [3.63, 3.8) is 0 Å². The molecule has 0 aliphatic rings. The summed E-state index contributed by atoms with van der Waals surface area (Å²) < 4.78 is 56.5. The molecule has 0 saturated carbocycles. The van der Waals surface area contributed by atoms with Crippen LogP contribution in [0, 0.1) is 0 Å². The predicted molar refractivity (Wildman–Crippen MR) is 215 cm³/mol. The molecule has 0 aromatic heterocycles. The Balaban J connectivity index is 1.88. The molecule has 4 aromatic rings. The topological polar surface area (TPSA) is 126 Å². The lowest BCUT2D eigenvalue weighted by atomic mass is 9.96. The minimum absolute atomic E-state index is 0.154. The van der Waals surface area contributed by atoms with Crippen molar-refractivity contribution in [2.24, 2.45) is 0 Å². The van der Waals surface area contributed by atoms with Crippen LogP contribution in [-0.2, 0) is 0 Å². The second kappa shape index (κ2) is 20.0. The third kappa shape index (κ3) is 9.45.